The summed E-state index contributed by atoms with van der Waals surface area (Å²) in [5.41, 5.74) is 5.12. The zero-order chi connectivity index (χ0) is 43.1. The van der Waals surface area contributed by atoms with Gasteiger partial charge in [0, 0.05) is 104 Å². The van der Waals surface area contributed by atoms with Gasteiger partial charge in [0.15, 0.2) is 5.82 Å². The summed E-state index contributed by atoms with van der Waals surface area (Å²) in [6.07, 6.45) is 2.09. The van der Waals surface area contributed by atoms with Gasteiger partial charge in [0.05, 0.1) is 15.3 Å². The first-order chi connectivity index (χ1) is 30.1. The lowest BCUT2D eigenvalue weighted by atomic mass is 9.99. The van der Waals surface area contributed by atoms with Crippen LogP contribution in [0.2, 0.25) is 5.02 Å². The highest BCUT2D eigenvalue weighted by atomic mass is 35.5. The van der Waals surface area contributed by atoms with E-state index in [-0.39, 0.29) is 28.1 Å². The number of thioether (sulfide) groups is 1. The molecule has 0 amide bonds. The fourth-order valence-corrected chi connectivity index (χ4v) is 10.1. The number of nitrogens with one attached hydrogen (secondary N) is 2. The molecule has 8 rings (SSSR count). The first kappa shape index (κ1) is 43.4. The van der Waals surface area contributed by atoms with E-state index in [4.69, 9.17) is 11.6 Å². The Hall–Kier alpha value is -5.29. The molecule has 0 spiro atoms. The molecule has 322 valence electrons. The van der Waals surface area contributed by atoms with Crippen molar-refractivity contribution >= 4 is 67.2 Å². The third-order valence-electron chi connectivity index (χ3n) is 11.6. The number of anilines is 3. The van der Waals surface area contributed by atoms with Crippen molar-refractivity contribution in [2.24, 2.45) is 0 Å². The monoisotopic (exact) mass is 891 g/mol. The van der Waals surface area contributed by atoms with Crippen LogP contribution in [0.5, 0.6) is 0 Å². The topological polar surface area (TPSA) is 140 Å². The molecule has 16 heteroatoms. The maximum atomic E-state index is 13.9. The van der Waals surface area contributed by atoms with Gasteiger partial charge in [-0.3, -0.25) is 19.7 Å². The van der Waals surface area contributed by atoms with Crippen LogP contribution in [0, 0.1) is 10.1 Å². The first-order valence-corrected chi connectivity index (χ1v) is 23.6. The van der Waals surface area contributed by atoms with Crippen LogP contribution >= 0.6 is 23.4 Å². The Morgan fingerprint density at radius 2 is 1.55 bits per heavy atom. The molecule has 0 bridgehead atoms. The van der Waals surface area contributed by atoms with Gasteiger partial charge in [0.2, 0.25) is 0 Å². The molecular weight excluding hydrogens is 842 g/mol. The highest BCUT2D eigenvalue weighted by molar-refractivity contribution is 7.99. The van der Waals surface area contributed by atoms with Gasteiger partial charge in [-0.05, 0) is 84.8 Å². The van der Waals surface area contributed by atoms with Crippen LogP contribution in [0.25, 0.3) is 22.0 Å². The summed E-state index contributed by atoms with van der Waals surface area (Å²) in [6.45, 7) is 8.97. The maximum absolute atomic E-state index is 13.9. The van der Waals surface area contributed by atoms with Crippen molar-refractivity contribution in [3.8, 4) is 11.1 Å². The molecular formula is C46H50ClN9O4S2. The second-order valence-electron chi connectivity index (χ2n) is 15.8. The second-order valence-corrected chi connectivity index (χ2v) is 19.0. The maximum Gasteiger partial charge on any atom is 0.293 e. The lowest BCUT2D eigenvalue weighted by Gasteiger charge is -2.36. The van der Waals surface area contributed by atoms with Crippen molar-refractivity contribution in [2.45, 2.75) is 28.8 Å². The predicted octanol–water partition coefficient (Wildman–Crippen LogP) is 8.19. The summed E-state index contributed by atoms with van der Waals surface area (Å²) in [5, 5.41) is 17.1. The van der Waals surface area contributed by atoms with Gasteiger partial charge in [-0.1, -0.05) is 66.2 Å². The van der Waals surface area contributed by atoms with Crippen LogP contribution in [-0.4, -0.2) is 116 Å². The quantitative estimate of drug-likeness (QED) is 0.0550. The van der Waals surface area contributed by atoms with Crippen molar-refractivity contribution in [1.29, 1.82) is 0 Å². The van der Waals surface area contributed by atoms with Crippen LogP contribution in [0.1, 0.15) is 12.0 Å². The van der Waals surface area contributed by atoms with Crippen molar-refractivity contribution in [3.63, 3.8) is 0 Å². The highest BCUT2D eigenvalue weighted by Crippen LogP contribution is 2.33. The SMILES string of the molecule is CN1CCN(CC[C@H](CSc2ccccc2)Nc2ccc(S(=O)(=O)Nc3ncnc4cc(N5CCN(Cc6ccccc6-c6ccc(Cl)cc6)CC5)ccc34)cc2[N+](=O)[O-])CC1. The second kappa shape index (κ2) is 19.8. The van der Waals surface area contributed by atoms with E-state index >= 15 is 0 Å². The number of hydrogen-bond acceptors (Lipinski definition) is 12. The third-order valence-corrected chi connectivity index (χ3v) is 14.3. The number of benzene rings is 5. The summed E-state index contributed by atoms with van der Waals surface area (Å²) < 4.78 is 30.3. The molecule has 1 aromatic heterocycles. The van der Waals surface area contributed by atoms with E-state index in [0.29, 0.717) is 21.7 Å². The lowest BCUT2D eigenvalue weighted by molar-refractivity contribution is -0.384. The van der Waals surface area contributed by atoms with Gasteiger partial charge < -0.3 is 20.0 Å². The van der Waals surface area contributed by atoms with Crippen LogP contribution < -0.4 is 14.9 Å². The summed E-state index contributed by atoms with van der Waals surface area (Å²) >= 11 is 7.83. The summed E-state index contributed by atoms with van der Waals surface area (Å²) in [7, 11) is -2.15. The number of nitro benzene ring substituents is 1. The van der Waals surface area contributed by atoms with E-state index in [1.807, 2.05) is 60.7 Å². The molecule has 13 nitrogen and oxygen atoms in total. The zero-order valence-corrected chi connectivity index (χ0v) is 37.0. The number of aromatic nitrogens is 2. The fourth-order valence-electron chi connectivity index (χ4n) is 7.98. The van der Waals surface area contributed by atoms with Crippen molar-refractivity contribution in [3.05, 3.63) is 142 Å². The molecule has 2 aliphatic heterocycles. The van der Waals surface area contributed by atoms with E-state index in [1.165, 1.54) is 29.6 Å². The summed E-state index contributed by atoms with van der Waals surface area (Å²) in [5.74, 6) is 0.772. The molecule has 2 N–H and O–H groups in total. The van der Waals surface area contributed by atoms with E-state index in [0.717, 1.165) is 94.1 Å². The minimum Gasteiger partial charge on any atom is -0.376 e. The van der Waals surface area contributed by atoms with Gasteiger partial charge in [-0.15, -0.1) is 11.8 Å². The number of sulfonamides is 1. The van der Waals surface area contributed by atoms with Gasteiger partial charge in [-0.2, -0.15) is 0 Å². The fraction of sp³-hybridized carbons (Fsp3) is 0.304. The Kier molecular flexibility index (Phi) is 13.9. The van der Waals surface area contributed by atoms with Crippen LogP contribution in [0.15, 0.2) is 131 Å². The molecule has 0 saturated carbocycles. The van der Waals surface area contributed by atoms with Gasteiger partial charge in [-0.25, -0.2) is 18.4 Å². The smallest absolute Gasteiger partial charge is 0.293 e. The normalized spacial score (nSPS) is 16.0. The Morgan fingerprint density at radius 1 is 0.823 bits per heavy atom. The summed E-state index contributed by atoms with van der Waals surface area (Å²) in [4.78, 5) is 31.1. The van der Waals surface area contributed by atoms with E-state index in [1.54, 1.807) is 11.8 Å². The van der Waals surface area contributed by atoms with Crippen LogP contribution in [0.3, 0.4) is 0 Å². The Balaban J connectivity index is 0.932. The molecule has 0 radical (unpaired) electrons. The number of hydrogen-bond donors (Lipinski definition) is 2. The van der Waals surface area contributed by atoms with E-state index in [9.17, 15) is 18.5 Å². The van der Waals surface area contributed by atoms with Crippen LogP contribution in [0.4, 0.5) is 22.9 Å². The number of likely N-dealkylation sites (N-methyl/N-ethyl adjacent to an activating group) is 1. The van der Waals surface area contributed by atoms with E-state index in [2.05, 4.69) is 83.1 Å². The van der Waals surface area contributed by atoms with E-state index < -0.39 is 14.9 Å². The molecule has 6 aromatic rings. The van der Waals surface area contributed by atoms with Crippen LogP contribution in [-0.2, 0) is 16.6 Å². The molecule has 2 aliphatic rings. The molecule has 5 aromatic carbocycles. The lowest BCUT2D eigenvalue weighted by Crippen LogP contribution is -2.46. The number of nitro groups is 1. The Morgan fingerprint density at radius 3 is 2.31 bits per heavy atom. The molecule has 0 unspecified atom stereocenters. The largest absolute Gasteiger partial charge is 0.376 e. The standard InChI is InChI=1S/C46H50ClN9O4S2/c1-52-21-23-53(24-22-52)20-19-37(32-61-39-8-3-2-4-9-39)50-43-18-16-40(30-45(43)56(57)58)62(59,60)51-46-42-17-15-38(29-44(42)48-33-49-46)55-27-25-54(26-28-55)31-35-7-5-6-10-41(35)34-11-13-36(47)14-12-34/h2-18,29-30,33,37,50H,19-28,31-32H2,1H3,(H,48,49,51)/t37-/m1/s1. The first-order valence-electron chi connectivity index (χ1n) is 20.8. The Bertz CT molecular complexity index is 2590. The predicted molar refractivity (Wildman–Crippen MR) is 251 cm³/mol. The number of nitrogens with zero attached hydrogens (tertiary/aromatic N) is 7. The van der Waals surface area contributed by atoms with Gasteiger partial charge in [0.1, 0.15) is 12.0 Å². The van der Waals surface area contributed by atoms with Gasteiger partial charge >= 0.3 is 0 Å². The molecule has 0 aliphatic carbocycles. The molecule has 2 saturated heterocycles. The molecule has 1 atom stereocenters. The molecule has 62 heavy (non-hydrogen) atoms. The molecule has 2 fully saturated rings. The van der Waals surface area contributed by atoms with Crippen molar-refractivity contribution in [1.82, 2.24) is 24.7 Å². The number of rotatable bonds is 16. The molecule has 3 heterocycles. The number of halogens is 1. The van der Waals surface area contributed by atoms with Crippen molar-refractivity contribution in [2.75, 3.05) is 86.6 Å². The minimum absolute atomic E-state index is 0.0949. The number of fused-ring (bicyclic) bond motifs is 1. The zero-order valence-electron chi connectivity index (χ0n) is 34.6. The number of piperazine rings is 2. The average molecular weight is 893 g/mol. The highest BCUT2D eigenvalue weighted by Gasteiger charge is 2.26. The average Bonchev–Trinajstić information content (AvgIpc) is 3.29. The van der Waals surface area contributed by atoms with Gasteiger partial charge in [0.25, 0.3) is 15.7 Å². The third kappa shape index (κ3) is 10.8. The van der Waals surface area contributed by atoms with Crippen molar-refractivity contribution < 1.29 is 13.3 Å². The Labute approximate surface area is 372 Å². The summed E-state index contributed by atoms with van der Waals surface area (Å²) in [6, 6.07) is 36.1. The minimum atomic E-state index is -4.28.